The summed E-state index contributed by atoms with van der Waals surface area (Å²) in [5.74, 6) is 0.547. The molecule has 0 saturated carbocycles. The second kappa shape index (κ2) is 12.0. The molecule has 9 rings (SSSR count). The van der Waals surface area contributed by atoms with Gasteiger partial charge >= 0.3 is 21.1 Å². The molecule has 0 amide bonds. The van der Waals surface area contributed by atoms with Gasteiger partial charge in [0, 0.05) is 11.7 Å². The number of benzene rings is 6. The van der Waals surface area contributed by atoms with E-state index < -0.39 is 0 Å². The van der Waals surface area contributed by atoms with Gasteiger partial charge in [-0.05, 0) is 68.8 Å². The molecule has 3 aromatic heterocycles. The number of para-hydroxylation sites is 2. The predicted molar refractivity (Wildman–Crippen MR) is 186 cm³/mol. The topological polar surface area (TPSA) is 43.9 Å². The van der Waals surface area contributed by atoms with E-state index in [-0.39, 0.29) is 21.1 Å². The van der Waals surface area contributed by atoms with E-state index in [1.807, 2.05) is 66.9 Å². The van der Waals surface area contributed by atoms with Gasteiger partial charge in [0.2, 0.25) is 0 Å². The number of pyridine rings is 1. The molecule has 0 N–H and O–H groups in total. The summed E-state index contributed by atoms with van der Waals surface area (Å²) in [4.78, 5) is 9.34. The number of nitrogens with zero attached hydrogens (tertiary/aromatic N) is 3. The summed E-state index contributed by atoms with van der Waals surface area (Å²) in [5, 5.41) is 2.23. The van der Waals surface area contributed by atoms with Gasteiger partial charge in [0.05, 0.1) is 5.52 Å². The van der Waals surface area contributed by atoms with Crippen molar-refractivity contribution in [3.8, 4) is 50.7 Å². The molecule has 47 heavy (non-hydrogen) atoms. The number of fused-ring (bicyclic) bond motifs is 4. The van der Waals surface area contributed by atoms with Crippen molar-refractivity contribution >= 4 is 32.9 Å². The van der Waals surface area contributed by atoms with Crippen LogP contribution in [-0.2, 0) is 21.1 Å². The van der Waals surface area contributed by atoms with Crippen LogP contribution in [-0.4, -0.2) is 14.5 Å². The fraction of sp³-hybridized carbons (Fsp3) is 0. The van der Waals surface area contributed by atoms with E-state index in [2.05, 4.69) is 107 Å². The minimum absolute atomic E-state index is 0. The average Bonchev–Trinajstić information content (AvgIpc) is 3.71. The van der Waals surface area contributed by atoms with Crippen molar-refractivity contribution in [2.75, 3.05) is 0 Å². The van der Waals surface area contributed by atoms with Gasteiger partial charge in [-0.3, -0.25) is 4.98 Å². The van der Waals surface area contributed by atoms with Crippen molar-refractivity contribution < 1.29 is 25.5 Å². The Morgan fingerprint density at radius 2 is 1.28 bits per heavy atom. The summed E-state index contributed by atoms with van der Waals surface area (Å²) in [6.07, 6.45) is 1.81. The maximum atomic E-state index is 6.15. The summed E-state index contributed by atoms with van der Waals surface area (Å²) in [7, 11) is 0. The zero-order chi connectivity index (χ0) is 30.5. The number of hydrogen-bond donors (Lipinski definition) is 0. The molecule has 4 nitrogen and oxygen atoms in total. The summed E-state index contributed by atoms with van der Waals surface area (Å²) in [5.41, 5.74) is 11.8. The van der Waals surface area contributed by atoms with Crippen LogP contribution in [0.4, 0.5) is 0 Å². The van der Waals surface area contributed by atoms with Gasteiger partial charge in [0.25, 0.3) is 0 Å². The van der Waals surface area contributed by atoms with Crippen molar-refractivity contribution in [2.24, 2.45) is 0 Å². The summed E-state index contributed by atoms with van der Waals surface area (Å²) in [6, 6.07) is 57.4. The first-order valence-electron chi connectivity index (χ1n) is 15.2. The van der Waals surface area contributed by atoms with Gasteiger partial charge in [-0.2, -0.15) is 0 Å². The maximum absolute atomic E-state index is 6.15. The van der Waals surface area contributed by atoms with Crippen LogP contribution in [0.5, 0.6) is 0 Å². The number of rotatable bonds is 5. The maximum Gasteiger partial charge on any atom is 2.00 e. The molecular formula is C42H25N3OPt. The molecule has 0 atom stereocenters. The van der Waals surface area contributed by atoms with Crippen LogP contribution in [0.1, 0.15) is 0 Å². The van der Waals surface area contributed by atoms with E-state index in [9.17, 15) is 0 Å². The zero-order valence-corrected chi connectivity index (χ0v) is 27.3. The molecule has 0 aliphatic rings. The zero-order valence-electron chi connectivity index (χ0n) is 25.0. The molecule has 0 unspecified atom stereocenters. The van der Waals surface area contributed by atoms with Crippen molar-refractivity contribution in [1.82, 2.24) is 14.5 Å². The second-order valence-corrected chi connectivity index (χ2v) is 11.3. The number of hydrogen-bond acceptors (Lipinski definition) is 3. The van der Waals surface area contributed by atoms with Crippen LogP contribution in [0.15, 0.2) is 156 Å². The molecule has 0 fully saturated rings. The molecule has 0 bridgehead atoms. The Bertz CT molecular complexity index is 2480. The molecule has 0 saturated heterocycles. The smallest absolute Gasteiger partial charge is 0.481 e. The third-order valence-corrected chi connectivity index (χ3v) is 8.49. The van der Waals surface area contributed by atoms with E-state index in [1.165, 1.54) is 11.1 Å². The molecule has 9 aromatic rings. The second-order valence-electron chi connectivity index (χ2n) is 11.3. The molecule has 224 valence electrons. The van der Waals surface area contributed by atoms with E-state index in [1.54, 1.807) is 0 Å². The van der Waals surface area contributed by atoms with Crippen LogP contribution < -0.4 is 0 Å². The van der Waals surface area contributed by atoms with E-state index in [0.29, 0.717) is 5.89 Å². The minimum atomic E-state index is 0. The number of aromatic nitrogens is 3. The Kier molecular flexibility index (Phi) is 7.36. The standard InChI is InChI=1S/C42H25N3O.Pt/c1-2-9-28(10-3-1)29-16-18-30(19-17-29)31-20-22-35-36-23-21-33(42-44-38-14-4-5-15-41(38)46-42)27-40(36)45(39(35)26-31)34-12-8-11-32(25-34)37-13-6-7-24-43-37;/h1-24,26H;/q-2;+2. The van der Waals surface area contributed by atoms with Crippen LogP contribution in [0.2, 0.25) is 0 Å². The molecule has 0 spiro atoms. The van der Waals surface area contributed by atoms with E-state index in [4.69, 9.17) is 9.40 Å². The Balaban J connectivity index is 0.00000324. The molecule has 0 aliphatic carbocycles. The normalized spacial score (nSPS) is 11.2. The molecule has 0 aliphatic heterocycles. The van der Waals surface area contributed by atoms with Crippen LogP contribution in [0.3, 0.4) is 0 Å². The predicted octanol–water partition coefficient (Wildman–Crippen LogP) is 10.6. The van der Waals surface area contributed by atoms with Gasteiger partial charge in [-0.1, -0.05) is 102 Å². The number of oxazole rings is 1. The molecule has 5 heteroatoms. The van der Waals surface area contributed by atoms with Gasteiger partial charge < -0.3 is 14.0 Å². The minimum Gasteiger partial charge on any atom is -0.481 e. The van der Waals surface area contributed by atoms with Crippen LogP contribution in [0.25, 0.3) is 83.6 Å². The first-order valence-corrected chi connectivity index (χ1v) is 15.2. The molecular weight excluding hydrogens is 758 g/mol. The monoisotopic (exact) mass is 782 g/mol. The SMILES string of the molecule is [Pt+2].[c-]1c(-c2ccccn2)cccc1-n1c2[c-]c(-c3nc4ccccc4o3)ccc2c2ccc(-c3ccc(-c4ccccc4)cc3)cc21. The first kappa shape index (κ1) is 28.9. The van der Waals surface area contributed by atoms with Crippen molar-refractivity contribution in [3.63, 3.8) is 0 Å². The van der Waals surface area contributed by atoms with Gasteiger partial charge in [0.1, 0.15) is 11.5 Å². The largest absolute Gasteiger partial charge is 2.00 e. The summed E-state index contributed by atoms with van der Waals surface area (Å²) in [6.45, 7) is 0. The third kappa shape index (κ3) is 5.17. The quantitative estimate of drug-likeness (QED) is 0.163. The Morgan fingerprint density at radius 3 is 2.09 bits per heavy atom. The van der Waals surface area contributed by atoms with Gasteiger partial charge in [-0.15, -0.1) is 48.0 Å². The Morgan fingerprint density at radius 1 is 0.553 bits per heavy atom. The fourth-order valence-electron chi connectivity index (χ4n) is 6.23. The van der Waals surface area contributed by atoms with Crippen LogP contribution >= 0.6 is 0 Å². The van der Waals surface area contributed by atoms with Gasteiger partial charge in [0.15, 0.2) is 0 Å². The summed E-state index contributed by atoms with van der Waals surface area (Å²) < 4.78 is 8.39. The third-order valence-electron chi connectivity index (χ3n) is 8.49. The fourth-order valence-corrected chi connectivity index (χ4v) is 6.23. The van der Waals surface area contributed by atoms with Crippen molar-refractivity contribution in [2.45, 2.75) is 0 Å². The first-order chi connectivity index (χ1) is 22.8. The molecule has 0 radical (unpaired) electrons. The Hall–Kier alpha value is -5.57. The van der Waals surface area contributed by atoms with Crippen molar-refractivity contribution in [1.29, 1.82) is 0 Å². The van der Waals surface area contributed by atoms with Crippen molar-refractivity contribution in [3.05, 3.63) is 164 Å². The Labute approximate surface area is 286 Å². The molecule has 6 aromatic carbocycles. The average molecular weight is 783 g/mol. The summed E-state index contributed by atoms with van der Waals surface area (Å²) >= 11 is 0. The van der Waals surface area contributed by atoms with Gasteiger partial charge in [-0.25, -0.2) is 0 Å². The van der Waals surface area contributed by atoms with E-state index in [0.717, 1.165) is 66.5 Å². The van der Waals surface area contributed by atoms with Crippen LogP contribution in [0, 0.1) is 12.1 Å². The molecule has 3 heterocycles. The van der Waals surface area contributed by atoms with E-state index >= 15 is 0 Å².